The van der Waals surface area contributed by atoms with Gasteiger partial charge in [0.25, 0.3) is 5.89 Å². The summed E-state index contributed by atoms with van der Waals surface area (Å²) < 4.78 is 37.8. The SMILES string of the molecule is Cc1ccc(S(=O)(=O)N2CCCCC2)cc1C(=O)OCc1noc(-c2ccsc2)n1. The molecule has 8 nitrogen and oxygen atoms in total. The fraction of sp³-hybridized carbons (Fsp3) is 0.350. The zero-order valence-corrected chi connectivity index (χ0v) is 18.0. The van der Waals surface area contributed by atoms with E-state index in [1.165, 1.54) is 27.8 Å². The molecule has 0 N–H and O–H groups in total. The number of carbonyl (C=O) groups excluding carboxylic acids is 1. The van der Waals surface area contributed by atoms with Crippen molar-refractivity contribution in [1.82, 2.24) is 14.4 Å². The van der Waals surface area contributed by atoms with Crippen molar-refractivity contribution in [2.45, 2.75) is 37.7 Å². The smallest absolute Gasteiger partial charge is 0.338 e. The molecule has 3 heterocycles. The van der Waals surface area contributed by atoms with Crippen LogP contribution in [0.5, 0.6) is 0 Å². The van der Waals surface area contributed by atoms with Crippen LogP contribution in [-0.2, 0) is 21.4 Å². The van der Waals surface area contributed by atoms with Crippen LogP contribution >= 0.6 is 11.3 Å². The van der Waals surface area contributed by atoms with E-state index in [-0.39, 0.29) is 22.9 Å². The number of aromatic nitrogens is 2. The minimum atomic E-state index is -3.64. The normalized spacial score (nSPS) is 15.2. The minimum absolute atomic E-state index is 0.0984. The zero-order chi connectivity index (χ0) is 21.1. The standard InChI is InChI=1S/C20H21N3O5S2/c1-14-5-6-16(30(25,26)23-8-3-2-4-9-23)11-17(14)20(24)27-12-18-21-19(28-22-18)15-7-10-29-13-15/h5-7,10-11,13H,2-4,8-9,12H2,1H3. The van der Waals surface area contributed by atoms with E-state index in [1.54, 1.807) is 13.0 Å². The molecule has 1 aromatic carbocycles. The summed E-state index contributed by atoms with van der Waals surface area (Å²) in [7, 11) is -3.64. The molecule has 0 aliphatic carbocycles. The molecule has 0 bridgehead atoms. The first-order chi connectivity index (χ1) is 14.4. The Hall–Kier alpha value is -2.56. The van der Waals surface area contributed by atoms with E-state index in [4.69, 9.17) is 9.26 Å². The van der Waals surface area contributed by atoms with Crippen LogP contribution < -0.4 is 0 Å². The first kappa shape index (κ1) is 20.7. The molecule has 1 aliphatic rings. The Labute approximate surface area is 178 Å². The van der Waals surface area contributed by atoms with Crippen molar-refractivity contribution in [3.05, 3.63) is 52.0 Å². The molecule has 1 aliphatic heterocycles. The molecule has 0 radical (unpaired) electrons. The molecule has 0 atom stereocenters. The maximum absolute atomic E-state index is 12.9. The third-order valence-corrected chi connectivity index (χ3v) is 7.53. The van der Waals surface area contributed by atoms with Crippen molar-refractivity contribution in [2.24, 2.45) is 0 Å². The van der Waals surface area contributed by atoms with Crippen LogP contribution in [0.1, 0.15) is 41.0 Å². The molecule has 1 saturated heterocycles. The Morgan fingerprint density at radius 2 is 2.03 bits per heavy atom. The monoisotopic (exact) mass is 447 g/mol. The molecule has 0 unspecified atom stereocenters. The molecule has 10 heteroatoms. The summed E-state index contributed by atoms with van der Waals surface area (Å²) in [4.78, 5) is 16.9. The number of piperidine rings is 1. The second-order valence-corrected chi connectivity index (χ2v) is 9.76. The van der Waals surface area contributed by atoms with E-state index < -0.39 is 16.0 Å². The van der Waals surface area contributed by atoms with Gasteiger partial charge >= 0.3 is 5.97 Å². The molecule has 3 aromatic rings. The highest BCUT2D eigenvalue weighted by atomic mass is 32.2. The number of thiophene rings is 1. The number of aryl methyl sites for hydroxylation is 1. The van der Waals surface area contributed by atoms with E-state index in [0.717, 1.165) is 24.8 Å². The van der Waals surface area contributed by atoms with Crippen LogP contribution in [0.2, 0.25) is 0 Å². The number of nitrogens with zero attached hydrogens (tertiary/aromatic N) is 3. The van der Waals surface area contributed by atoms with Crippen molar-refractivity contribution < 1.29 is 22.5 Å². The molecular formula is C20H21N3O5S2. The number of sulfonamides is 1. The quantitative estimate of drug-likeness (QED) is 0.532. The van der Waals surface area contributed by atoms with E-state index >= 15 is 0 Å². The fourth-order valence-corrected chi connectivity index (χ4v) is 5.43. The Morgan fingerprint density at radius 3 is 2.77 bits per heavy atom. The van der Waals surface area contributed by atoms with Gasteiger partial charge in [-0.2, -0.15) is 20.6 Å². The van der Waals surface area contributed by atoms with Gasteiger partial charge in [-0.1, -0.05) is 17.6 Å². The van der Waals surface area contributed by atoms with Crippen molar-refractivity contribution in [1.29, 1.82) is 0 Å². The van der Waals surface area contributed by atoms with Crippen molar-refractivity contribution in [3.8, 4) is 11.5 Å². The first-order valence-electron chi connectivity index (χ1n) is 9.58. The van der Waals surface area contributed by atoms with Gasteiger partial charge in [-0.15, -0.1) is 0 Å². The van der Waals surface area contributed by atoms with Crippen molar-refractivity contribution >= 4 is 27.3 Å². The fourth-order valence-electron chi connectivity index (χ4n) is 3.26. The molecule has 2 aromatic heterocycles. The third kappa shape index (κ3) is 4.30. The van der Waals surface area contributed by atoms with Crippen molar-refractivity contribution in [3.63, 3.8) is 0 Å². The van der Waals surface area contributed by atoms with Gasteiger partial charge in [-0.05, 0) is 48.9 Å². The number of hydrogen-bond donors (Lipinski definition) is 0. The third-order valence-electron chi connectivity index (χ3n) is 4.95. The molecule has 1 fully saturated rings. The molecular weight excluding hydrogens is 426 g/mol. The van der Waals surface area contributed by atoms with E-state index in [2.05, 4.69) is 10.1 Å². The van der Waals surface area contributed by atoms with Crippen LogP contribution in [0.25, 0.3) is 11.5 Å². The highest BCUT2D eigenvalue weighted by molar-refractivity contribution is 7.89. The van der Waals surface area contributed by atoms with Crippen LogP contribution in [0.4, 0.5) is 0 Å². The number of rotatable bonds is 6. The number of esters is 1. The van der Waals surface area contributed by atoms with E-state index in [1.807, 2.05) is 16.8 Å². The van der Waals surface area contributed by atoms with Gasteiger partial charge in [-0.25, -0.2) is 13.2 Å². The van der Waals surface area contributed by atoms with Gasteiger partial charge < -0.3 is 9.26 Å². The Kier molecular flexibility index (Phi) is 5.98. The predicted molar refractivity (Wildman–Crippen MR) is 111 cm³/mol. The van der Waals surface area contributed by atoms with Crippen molar-refractivity contribution in [2.75, 3.05) is 13.1 Å². The summed E-state index contributed by atoms with van der Waals surface area (Å²) in [5.74, 6) is -0.0440. The Bertz CT molecular complexity index is 1130. The Morgan fingerprint density at radius 1 is 1.23 bits per heavy atom. The highest BCUT2D eigenvalue weighted by Crippen LogP contribution is 2.24. The van der Waals surface area contributed by atoms with Gasteiger partial charge in [-0.3, -0.25) is 0 Å². The Balaban J connectivity index is 1.48. The van der Waals surface area contributed by atoms with E-state index in [0.29, 0.717) is 24.5 Å². The number of ether oxygens (including phenoxy) is 1. The largest absolute Gasteiger partial charge is 0.454 e. The van der Waals surface area contributed by atoms with Gasteiger partial charge in [0.15, 0.2) is 6.61 Å². The van der Waals surface area contributed by atoms with Gasteiger partial charge in [0, 0.05) is 18.5 Å². The number of hydrogen-bond acceptors (Lipinski definition) is 8. The average molecular weight is 448 g/mol. The van der Waals surface area contributed by atoms with Crippen LogP contribution in [-0.4, -0.2) is 41.9 Å². The van der Waals surface area contributed by atoms with Gasteiger partial charge in [0.05, 0.1) is 16.0 Å². The summed E-state index contributed by atoms with van der Waals surface area (Å²) in [5.41, 5.74) is 1.64. The summed E-state index contributed by atoms with van der Waals surface area (Å²) in [5, 5.41) is 7.59. The molecule has 0 spiro atoms. The lowest BCUT2D eigenvalue weighted by molar-refractivity contribution is 0.0458. The molecule has 4 rings (SSSR count). The molecule has 158 valence electrons. The second-order valence-electron chi connectivity index (χ2n) is 7.05. The molecule has 30 heavy (non-hydrogen) atoms. The average Bonchev–Trinajstić information content (AvgIpc) is 3.45. The topological polar surface area (TPSA) is 103 Å². The molecule has 0 saturated carbocycles. The van der Waals surface area contributed by atoms with Crippen LogP contribution in [0.3, 0.4) is 0 Å². The number of benzene rings is 1. The summed E-state index contributed by atoms with van der Waals surface area (Å²) in [6, 6.07) is 6.39. The van der Waals surface area contributed by atoms with E-state index in [9.17, 15) is 13.2 Å². The maximum atomic E-state index is 12.9. The lowest BCUT2D eigenvalue weighted by atomic mass is 10.1. The summed E-state index contributed by atoms with van der Waals surface area (Å²) >= 11 is 1.51. The maximum Gasteiger partial charge on any atom is 0.338 e. The lowest BCUT2D eigenvalue weighted by Crippen LogP contribution is -2.35. The van der Waals surface area contributed by atoms with Crippen LogP contribution in [0.15, 0.2) is 44.4 Å². The van der Waals surface area contributed by atoms with Gasteiger partial charge in [0.1, 0.15) is 0 Å². The molecule has 0 amide bonds. The second kappa shape index (κ2) is 8.66. The number of carbonyl (C=O) groups is 1. The summed E-state index contributed by atoms with van der Waals surface area (Å²) in [6.07, 6.45) is 2.72. The lowest BCUT2D eigenvalue weighted by Gasteiger charge is -2.26. The zero-order valence-electron chi connectivity index (χ0n) is 16.4. The predicted octanol–water partition coefficient (Wildman–Crippen LogP) is 3.64. The van der Waals surface area contributed by atoms with Crippen LogP contribution in [0, 0.1) is 6.92 Å². The summed E-state index contributed by atoms with van der Waals surface area (Å²) in [6.45, 7) is 2.56. The highest BCUT2D eigenvalue weighted by Gasteiger charge is 2.27. The first-order valence-corrected chi connectivity index (χ1v) is 12.0. The van der Waals surface area contributed by atoms with Gasteiger partial charge in [0.2, 0.25) is 15.8 Å². The minimum Gasteiger partial charge on any atom is -0.454 e.